The van der Waals surface area contributed by atoms with Crippen molar-refractivity contribution in [2.24, 2.45) is 10.9 Å². The highest BCUT2D eigenvalue weighted by atomic mass is 16.4. The molecule has 5 N–H and O–H groups in total. The summed E-state index contributed by atoms with van der Waals surface area (Å²) in [6, 6.07) is 15.7. The van der Waals surface area contributed by atoms with Crippen LogP contribution in [0.4, 0.5) is 5.69 Å². The standard InChI is InChI=1S/C21H24N4O4/c22-23-14-16-6-8-17(9-7-16)24-19(26)10-11-20(27)25-18(13-21(28)29)12-15-4-2-1-3-5-15/h1-9,14,18H,10-13,22H2,(H,24,26)(H,25,27)(H,28,29). The van der Waals surface area contributed by atoms with Gasteiger partial charge in [-0.3, -0.25) is 14.4 Å². The summed E-state index contributed by atoms with van der Waals surface area (Å²) in [4.78, 5) is 35.3. The van der Waals surface area contributed by atoms with E-state index in [0.29, 0.717) is 12.1 Å². The second kappa shape index (κ2) is 11.2. The molecule has 0 aliphatic carbocycles. The molecule has 2 amide bonds. The van der Waals surface area contributed by atoms with E-state index >= 15 is 0 Å². The number of amides is 2. The minimum atomic E-state index is -0.993. The summed E-state index contributed by atoms with van der Waals surface area (Å²) >= 11 is 0. The van der Waals surface area contributed by atoms with Crippen molar-refractivity contribution < 1.29 is 19.5 Å². The Morgan fingerprint density at radius 3 is 2.28 bits per heavy atom. The number of nitrogens with two attached hydrogens (primary N) is 1. The number of carboxylic acid groups (broad SMARTS) is 1. The van der Waals surface area contributed by atoms with Crippen LogP contribution in [0.5, 0.6) is 0 Å². The average Bonchev–Trinajstić information content (AvgIpc) is 2.68. The quantitative estimate of drug-likeness (QED) is 0.276. The summed E-state index contributed by atoms with van der Waals surface area (Å²) in [5.74, 6) is 3.42. The Kier molecular flexibility index (Phi) is 8.37. The molecule has 1 unspecified atom stereocenters. The number of hydrogen-bond donors (Lipinski definition) is 4. The van der Waals surface area contributed by atoms with Crippen molar-refractivity contribution in [3.05, 3.63) is 65.7 Å². The van der Waals surface area contributed by atoms with E-state index in [0.717, 1.165) is 11.1 Å². The average molecular weight is 396 g/mol. The van der Waals surface area contributed by atoms with Crippen LogP contribution in [-0.2, 0) is 20.8 Å². The Labute approximate surface area is 168 Å². The molecule has 8 nitrogen and oxygen atoms in total. The molecule has 0 aliphatic rings. The molecule has 0 saturated heterocycles. The molecule has 152 valence electrons. The molecular formula is C21H24N4O4. The third-order valence-electron chi connectivity index (χ3n) is 4.11. The fraction of sp³-hybridized carbons (Fsp3) is 0.238. The zero-order chi connectivity index (χ0) is 21.1. The highest BCUT2D eigenvalue weighted by molar-refractivity contribution is 5.93. The fourth-order valence-corrected chi connectivity index (χ4v) is 2.77. The van der Waals surface area contributed by atoms with Gasteiger partial charge in [-0.25, -0.2) is 0 Å². The van der Waals surface area contributed by atoms with Gasteiger partial charge in [-0.05, 0) is 29.7 Å². The Bertz CT molecular complexity index is 851. The first kappa shape index (κ1) is 21.6. The number of aliphatic carboxylic acids is 1. The van der Waals surface area contributed by atoms with Crippen molar-refractivity contribution in [1.29, 1.82) is 0 Å². The van der Waals surface area contributed by atoms with E-state index in [4.69, 9.17) is 10.9 Å². The van der Waals surface area contributed by atoms with E-state index in [2.05, 4.69) is 15.7 Å². The first-order chi connectivity index (χ1) is 14.0. The maximum absolute atomic E-state index is 12.2. The largest absolute Gasteiger partial charge is 0.481 e. The Morgan fingerprint density at radius 2 is 1.66 bits per heavy atom. The molecule has 0 fully saturated rings. The van der Waals surface area contributed by atoms with Gasteiger partial charge in [0.15, 0.2) is 0 Å². The topological polar surface area (TPSA) is 134 Å². The molecule has 2 rings (SSSR count). The number of hydrazone groups is 1. The molecule has 0 bridgehead atoms. The Hall–Kier alpha value is -3.68. The number of hydrogen-bond acceptors (Lipinski definition) is 5. The van der Waals surface area contributed by atoms with Gasteiger partial charge in [0.1, 0.15) is 0 Å². The van der Waals surface area contributed by atoms with E-state index in [-0.39, 0.29) is 31.1 Å². The van der Waals surface area contributed by atoms with Crippen LogP contribution in [0.25, 0.3) is 0 Å². The number of carbonyl (C=O) groups is 3. The van der Waals surface area contributed by atoms with Crippen molar-refractivity contribution in [3.63, 3.8) is 0 Å². The molecule has 0 aromatic heterocycles. The van der Waals surface area contributed by atoms with Gasteiger partial charge in [0, 0.05) is 24.6 Å². The molecule has 0 heterocycles. The summed E-state index contributed by atoms with van der Waals surface area (Å²) in [6.07, 6.45) is 1.66. The van der Waals surface area contributed by atoms with Gasteiger partial charge in [-0.15, -0.1) is 0 Å². The zero-order valence-electron chi connectivity index (χ0n) is 15.9. The van der Waals surface area contributed by atoms with E-state index in [1.165, 1.54) is 6.21 Å². The molecule has 0 aliphatic heterocycles. The predicted octanol–water partition coefficient (Wildman–Crippen LogP) is 1.90. The number of benzene rings is 2. The van der Waals surface area contributed by atoms with Crippen LogP contribution in [0, 0.1) is 0 Å². The summed E-state index contributed by atoms with van der Waals surface area (Å²) in [6.45, 7) is 0. The first-order valence-electron chi connectivity index (χ1n) is 9.14. The minimum absolute atomic E-state index is 0.0109. The first-order valence-corrected chi connectivity index (χ1v) is 9.14. The summed E-state index contributed by atoms with van der Waals surface area (Å²) < 4.78 is 0. The van der Waals surface area contributed by atoms with Crippen LogP contribution in [-0.4, -0.2) is 35.1 Å². The number of rotatable bonds is 10. The fourth-order valence-electron chi connectivity index (χ4n) is 2.77. The summed E-state index contributed by atoms with van der Waals surface area (Å²) in [5, 5.41) is 17.9. The van der Waals surface area contributed by atoms with E-state index < -0.39 is 12.0 Å². The lowest BCUT2D eigenvalue weighted by molar-refractivity contribution is -0.137. The normalized spacial score (nSPS) is 11.7. The zero-order valence-corrected chi connectivity index (χ0v) is 15.9. The van der Waals surface area contributed by atoms with Crippen molar-refractivity contribution in [3.8, 4) is 0 Å². The third-order valence-corrected chi connectivity index (χ3v) is 4.11. The smallest absolute Gasteiger partial charge is 0.305 e. The van der Waals surface area contributed by atoms with Crippen LogP contribution in [0.15, 0.2) is 59.7 Å². The summed E-state index contributed by atoms with van der Waals surface area (Å²) in [5.41, 5.74) is 2.32. The molecule has 29 heavy (non-hydrogen) atoms. The van der Waals surface area contributed by atoms with E-state index in [9.17, 15) is 14.4 Å². The van der Waals surface area contributed by atoms with E-state index in [1.807, 2.05) is 30.3 Å². The van der Waals surface area contributed by atoms with Gasteiger partial charge in [0.2, 0.25) is 11.8 Å². The van der Waals surface area contributed by atoms with Gasteiger partial charge >= 0.3 is 5.97 Å². The van der Waals surface area contributed by atoms with Crippen LogP contribution in [0.1, 0.15) is 30.4 Å². The maximum atomic E-state index is 12.2. The van der Waals surface area contributed by atoms with Crippen molar-refractivity contribution in [2.45, 2.75) is 31.7 Å². The highest BCUT2D eigenvalue weighted by Gasteiger charge is 2.17. The van der Waals surface area contributed by atoms with Gasteiger partial charge in [-0.2, -0.15) is 5.10 Å². The van der Waals surface area contributed by atoms with Crippen LogP contribution in [0.3, 0.4) is 0 Å². The lowest BCUT2D eigenvalue weighted by atomic mass is 10.0. The number of nitrogens with zero attached hydrogens (tertiary/aromatic N) is 1. The summed E-state index contributed by atoms with van der Waals surface area (Å²) in [7, 11) is 0. The van der Waals surface area contributed by atoms with E-state index in [1.54, 1.807) is 24.3 Å². The molecular weight excluding hydrogens is 372 g/mol. The number of carbonyl (C=O) groups excluding carboxylic acids is 2. The number of carboxylic acids is 1. The van der Waals surface area contributed by atoms with Crippen LogP contribution < -0.4 is 16.5 Å². The van der Waals surface area contributed by atoms with Crippen molar-refractivity contribution in [1.82, 2.24) is 5.32 Å². The molecule has 0 spiro atoms. The van der Waals surface area contributed by atoms with Gasteiger partial charge in [0.05, 0.1) is 12.6 Å². The molecule has 0 saturated carbocycles. The van der Waals surface area contributed by atoms with Crippen molar-refractivity contribution in [2.75, 3.05) is 5.32 Å². The molecule has 2 aromatic rings. The van der Waals surface area contributed by atoms with Gasteiger partial charge < -0.3 is 21.6 Å². The Balaban J connectivity index is 1.82. The molecule has 8 heteroatoms. The lowest BCUT2D eigenvalue weighted by Gasteiger charge is -2.17. The maximum Gasteiger partial charge on any atom is 0.305 e. The minimum Gasteiger partial charge on any atom is -0.481 e. The SMILES string of the molecule is NN=Cc1ccc(NC(=O)CCC(=O)NC(CC(=O)O)Cc2ccccc2)cc1. The van der Waals surface area contributed by atoms with Crippen LogP contribution in [0.2, 0.25) is 0 Å². The monoisotopic (exact) mass is 396 g/mol. The van der Waals surface area contributed by atoms with Gasteiger partial charge in [0.25, 0.3) is 0 Å². The van der Waals surface area contributed by atoms with Crippen molar-refractivity contribution >= 4 is 29.7 Å². The number of nitrogens with one attached hydrogen (secondary N) is 2. The molecule has 2 aromatic carbocycles. The lowest BCUT2D eigenvalue weighted by Crippen LogP contribution is -2.38. The molecule has 0 radical (unpaired) electrons. The molecule has 1 atom stereocenters. The van der Waals surface area contributed by atoms with Crippen LogP contribution >= 0.6 is 0 Å². The highest BCUT2D eigenvalue weighted by Crippen LogP contribution is 2.10. The second-order valence-corrected chi connectivity index (χ2v) is 6.50. The predicted molar refractivity (Wildman–Crippen MR) is 110 cm³/mol. The second-order valence-electron chi connectivity index (χ2n) is 6.50. The van der Waals surface area contributed by atoms with Gasteiger partial charge in [-0.1, -0.05) is 42.5 Å². The Morgan fingerprint density at radius 1 is 1.00 bits per heavy atom. The third kappa shape index (κ3) is 8.25. The number of anilines is 1.